The Morgan fingerprint density at radius 2 is 1.82 bits per heavy atom. The largest absolute Gasteiger partial charge is 0.586 e. The molecule has 4 N–H and O–H groups in total. The van der Waals surface area contributed by atoms with Gasteiger partial charge in [-0.1, -0.05) is 0 Å². The van der Waals surface area contributed by atoms with Crippen LogP contribution in [-0.2, 0) is 21.6 Å². The molecule has 0 spiro atoms. The van der Waals surface area contributed by atoms with Crippen LogP contribution in [0.4, 0.5) is 17.6 Å². The Morgan fingerprint density at radius 3 is 2.49 bits per heavy atom. The van der Waals surface area contributed by atoms with Crippen molar-refractivity contribution in [3.8, 4) is 34.3 Å². The highest BCUT2D eigenvalue weighted by Gasteiger charge is 2.62. The van der Waals surface area contributed by atoms with Crippen molar-refractivity contribution in [2.75, 3.05) is 20.3 Å². The number of methoxy groups -OCH3 is 1. The number of amides is 2. The average molecular weight is 684 g/mol. The van der Waals surface area contributed by atoms with E-state index >= 15 is 4.39 Å². The lowest BCUT2D eigenvalue weighted by Gasteiger charge is -2.33. The Balaban J connectivity index is 1.18. The summed E-state index contributed by atoms with van der Waals surface area (Å²) >= 11 is 0. The third-order valence-corrected chi connectivity index (χ3v) is 9.78. The molecule has 2 aliphatic heterocycles. The number of fused-ring (bicyclic) bond motifs is 3. The van der Waals surface area contributed by atoms with Crippen molar-refractivity contribution in [1.29, 1.82) is 0 Å². The number of hydrogen-bond acceptors (Lipinski definition) is 9. The third-order valence-electron chi connectivity index (χ3n) is 9.78. The highest BCUT2D eigenvalue weighted by molar-refractivity contribution is 6.00. The van der Waals surface area contributed by atoms with Crippen LogP contribution in [0.3, 0.4) is 0 Å². The lowest BCUT2D eigenvalue weighted by Crippen LogP contribution is -2.49. The van der Waals surface area contributed by atoms with E-state index in [1.807, 2.05) is 0 Å². The summed E-state index contributed by atoms with van der Waals surface area (Å²) in [4.78, 5) is 30.8. The van der Waals surface area contributed by atoms with Gasteiger partial charge in [-0.05, 0) is 56.2 Å². The fourth-order valence-corrected chi connectivity index (χ4v) is 6.33. The maximum absolute atomic E-state index is 16.3. The summed E-state index contributed by atoms with van der Waals surface area (Å²) in [5, 5.41) is 19.5. The Hall–Kier alpha value is -5.12. The molecule has 2 aromatic carbocycles. The Labute approximate surface area is 275 Å². The number of rotatable bonds is 9. The van der Waals surface area contributed by atoms with Gasteiger partial charge in [0, 0.05) is 41.1 Å². The predicted octanol–water partition coefficient (Wildman–Crippen LogP) is 4.10. The smallest absolute Gasteiger partial charge is 0.494 e. The average Bonchev–Trinajstić information content (AvgIpc) is 3.86. The molecule has 2 aliphatic carbocycles. The Kier molecular flexibility index (Phi) is 6.34. The fraction of sp³-hybridized carbons (Fsp3) is 0.394. The number of carbonyl (C=O) groups is 2. The first kappa shape index (κ1) is 31.2. The van der Waals surface area contributed by atoms with E-state index in [4.69, 9.17) is 15.2 Å². The maximum Gasteiger partial charge on any atom is 0.586 e. The van der Waals surface area contributed by atoms with E-state index in [0.29, 0.717) is 23.7 Å². The van der Waals surface area contributed by atoms with Gasteiger partial charge < -0.3 is 35.1 Å². The third kappa shape index (κ3) is 4.75. The summed E-state index contributed by atoms with van der Waals surface area (Å²) in [6, 6.07) is 8.03. The monoisotopic (exact) mass is 683 g/mol. The predicted molar refractivity (Wildman–Crippen MR) is 162 cm³/mol. The number of nitrogens with zero attached hydrogens (tertiary/aromatic N) is 3. The van der Waals surface area contributed by atoms with Gasteiger partial charge >= 0.3 is 6.29 Å². The fourth-order valence-electron chi connectivity index (χ4n) is 6.33. The number of alkyl halides is 4. The number of nitrogens with one attached hydrogen (secondary N) is 1. The number of carbonyl (C=O) groups excluding carboxylic acids is 2. The molecule has 2 saturated carbocycles. The first-order chi connectivity index (χ1) is 23.1. The first-order valence-electron chi connectivity index (χ1n) is 15.4. The lowest BCUT2D eigenvalue weighted by molar-refractivity contribution is -0.286. The van der Waals surface area contributed by atoms with Gasteiger partial charge in [0.2, 0.25) is 11.7 Å². The number of hydrogen-bond donors (Lipinski definition) is 3. The molecule has 16 heteroatoms. The van der Waals surface area contributed by atoms with E-state index in [2.05, 4.69) is 24.9 Å². The zero-order valence-electron chi connectivity index (χ0n) is 26.1. The van der Waals surface area contributed by atoms with Crippen molar-refractivity contribution in [2.24, 2.45) is 5.73 Å². The van der Waals surface area contributed by atoms with Crippen molar-refractivity contribution in [3.05, 3.63) is 59.4 Å². The summed E-state index contributed by atoms with van der Waals surface area (Å²) in [5.74, 6) is -3.32. The van der Waals surface area contributed by atoms with Gasteiger partial charge in [-0.25, -0.2) is 18.4 Å². The maximum atomic E-state index is 16.3. The molecule has 0 radical (unpaired) electrons. The number of aliphatic hydroxyl groups is 1. The van der Waals surface area contributed by atoms with Gasteiger partial charge in [-0.2, -0.15) is 5.10 Å². The normalized spacial score (nSPS) is 22.9. The van der Waals surface area contributed by atoms with Crippen molar-refractivity contribution in [2.45, 2.75) is 61.4 Å². The quantitative estimate of drug-likeness (QED) is 0.221. The highest BCUT2D eigenvalue weighted by atomic mass is 19.3. The van der Waals surface area contributed by atoms with Crippen LogP contribution in [0.15, 0.2) is 42.6 Å². The number of nitrogens with two attached hydrogens (primary N) is 1. The van der Waals surface area contributed by atoms with E-state index < -0.39 is 47.1 Å². The van der Waals surface area contributed by atoms with Gasteiger partial charge in [0.25, 0.3) is 5.91 Å². The summed E-state index contributed by atoms with van der Waals surface area (Å²) < 4.78 is 80.2. The van der Waals surface area contributed by atoms with Gasteiger partial charge in [0.1, 0.15) is 40.4 Å². The lowest BCUT2D eigenvalue weighted by atomic mass is 9.80. The van der Waals surface area contributed by atoms with Crippen LogP contribution >= 0.6 is 0 Å². The van der Waals surface area contributed by atoms with Crippen LogP contribution in [0.25, 0.3) is 22.2 Å². The number of ether oxygens (including phenoxy) is 4. The first-order valence-corrected chi connectivity index (χ1v) is 15.4. The SMILES string of the molecule is COc1cc(C(=O)NC[C@](O)(c2cc3c(c(-c4ccc5c(c4)OC(F)(F)O5)n2)OC[C@]3(C)C(N)=O)C2(F)CC2)cc2cn(C3(F)CC3)nc12. The molecule has 256 valence electrons. The van der Waals surface area contributed by atoms with E-state index in [1.165, 1.54) is 61.3 Å². The van der Waals surface area contributed by atoms with Crippen LogP contribution in [0.5, 0.6) is 23.0 Å². The van der Waals surface area contributed by atoms with Crippen LogP contribution in [-0.4, -0.2) is 63.9 Å². The molecule has 2 aromatic heterocycles. The molecular weight excluding hydrogens is 654 g/mol. The Morgan fingerprint density at radius 1 is 1.08 bits per heavy atom. The number of pyridine rings is 1. The molecule has 2 amide bonds. The molecule has 4 aromatic rings. The number of primary amides is 1. The molecule has 12 nitrogen and oxygen atoms in total. The molecule has 4 aliphatic rings. The molecule has 49 heavy (non-hydrogen) atoms. The second-order valence-electron chi connectivity index (χ2n) is 13.2. The van der Waals surface area contributed by atoms with Crippen LogP contribution in [0.1, 0.15) is 54.2 Å². The second kappa shape index (κ2) is 9.96. The molecule has 0 bridgehead atoms. The summed E-state index contributed by atoms with van der Waals surface area (Å²) in [5.41, 5.74) is 0.166. The van der Waals surface area contributed by atoms with Crippen LogP contribution < -0.4 is 30.0 Å². The van der Waals surface area contributed by atoms with Gasteiger partial charge in [-0.15, -0.1) is 8.78 Å². The zero-order chi connectivity index (χ0) is 34.7. The second-order valence-corrected chi connectivity index (χ2v) is 13.2. The Bertz CT molecular complexity index is 2100. The number of aromatic nitrogens is 3. The van der Waals surface area contributed by atoms with Crippen molar-refractivity contribution in [1.82, 2.24) is 20.1 Å². The molecule has 0 unspecified atom stereocenters. The molecule has 2 fully saturated rings. The summed E-state index contributed by atoms with van der Waals surface area (Å²) in [6.45, 7) is 0.638. The van der Waals surface area contributed by atoms with Crippen LogP contribution in [0.2, 0.25) is 0 Å². The highest BCUT2D eigenvalue weighted by Crippen LogP contribution is 2.55. The summed E-state index contributed by atoms with van der Waals surface area (Å²) in [6.07, 6.45) is -1.93. The minimum absolute atomic E-state index is 0.0124. The summed E-state index contributed by atoms with van der Waals surface area (Å²) in [7, 11) is 1.38. The standard InChI is InChI=1S/C33H29F4N5O7/c1-29(28(38)44)15-47-26-19(29)12-23(40-25(26)16-3-4-20-21(10-16)49-33(36,37)48-20)32(45,30(34)5-6-30)14-39-27(43)17-9-18-13-42(31(35)7-8-31)41-24(18)22(11-17)46-2/h3-4,9-13,45H,5-8,14-15H2,1-2H3,(H2,38,44)(H,39,43)/t29-,32-/m0/s1. The molecule has 0 saturated heterocycles. The van der Waals surface area contributed by atoms with E-state index in [9.17, 15) is 27.9 Å². The van der Waals surface area contributed by atoms with Crippen molar-refractivity contribution >= 4 is 22.7 Å². The topological polar surface area (TPSA) is 160 Å². The zero-order valence-corrected chi connectivity index (χ0v) is 26.1. The van der Waals surface area contributed by atoms with Crippen molar-refractivity contribution in [3.63, 3.8) is 0 Å². The molecule has 8 rings (SSSR count). The number of benzene rings is 2. The van der Waals surface area contributed by atoms with Crippen LogP contribution in [0, 0.1) is 0 Å². The van der Waals surface area contributed by atoms with E-state index in [-0.39, 0.29) is 70.5 Å². The van der Waals surface area contributed by atoms with Gasteiger partial charge in [0.15, 0.2) is 17.1 Å². The molecule has 2 atom stereocenters. The van der Waals surface area contributed by atoms with Crippen molar-refractivity contribution < 1.29 is 51.2 Å². The molecule has 4 heterocycles. The van der Waals surface area contributed by atoms with E-state index in [0.717, 1.165) is 0 Å². The van der Waals surface area contributed by atoms with E-state index in [1.54, 1.807) is 0 Å². The van der Waals surface area contributed by atoms with Gasteiger partial charge in [-0.3, -0.25) is 9.59 Å². The molecular formula is C33H29F4N5O7. The van der Waals surface area contributed by atoms with Gasteiger partial charge in [0.05, 0.1) is 19.3 Å². The minimum Gasteiger partial charge on any atom is -0.494 e. The number of halogens is 4. The minimum atomic E-state index is -3.90.